The molecule has 0 radical (unpaired) electrons. The zero-order valence-corrected chi connectivity index (χ0v) is 11.0. The molecule has 100 valence electrons. The molecule has 0 aliphatic rings. The van der Waals surface area contributed by atoms with Crippen molar-refractivity contribution >= 4 is 5.91 Å². The van der Waals surface area contributed by atoms with Gasteiger partial charge in [0.15, 0.2) is 0 Å². The van der Waals surface area contributed by atoms with Gasteiger partial charge in [0.1, 0.15) is 6.04 Å². The van der Waals surface area contributed by atoms with Crippen LogP contribution in [-0.4, -0.2) is 23.7 Å². The summed E-state index contributed by atoms with van der Waals surface area (Å²) in [5.41, 5.74) is 6.65. The molecule has 2 atom stereocenters. The third-order valence-electron chi connectivity index (χ3n) is 2.76. The van der Waals surface area contributed by atoms with E-state index in [1.165, 1.54) is 0 Å². The molecular formula is C14H22N2O2. The van der Waals surface area contributed by atoms with Crippen LogP contribution in [0.4, 0.5) is 0 Å². The highest BCUT2D eigenvalue weighted by atomic mass is 16.3. The van der Waals surface area contributed by atoms with Crippen molar-refractivity contribution < 1.29 is 9.90 Å². The molecule has 0 saturated carbocycles. The maximum absolute atomic E-state index is 11.9. The Morgan fingerprint density at radius 3 is 2.44 bits per heavy atom. The average Bonchev–Trinajstić information content (AvgIpc) is 2.37. The minimum Gasteiger partial charge on any atom is -0.394 e. The zero-order valence-electron chi connectivity index (χ0n) is 11.0. The fourth-order valence-corrected chi connectivity index (χ4v) is 1.85. The molecule has 1 aromatic rings. The molecule has 0 aromatic heterocycles. The van der Waals surface area contributed by atoms with Crippen molar-refractivity contribution in [2.24, 2.45) is 11.7 Å². The van der Waals surface area contributed by atoms with E-state index in [0.717, 1.165) is 12.0 Å². The second-order valence-corrected chi connectivity index (χ2v) is 4.91. The Morgan fingerprint density at radius 2 is 1.94 bits per heavy atom. The lowest BCUT2D eigenvalue weighted by Gasteiger charge is -2.20. The van der Waals surface area contributed by atoms with Crippen LogP contribution in [0.5, 0.6) is 0 Å². The van der Waals surface area contributed by atoms with Crippen molar-refractivity contribution in [3.63, 3.8) is 0 Å². The average molecular weight is 250 g/mol. The lowest BCUT2D eigenvalue weighted by molar-refractivity contribution is -0.123. The third kappa shape index (κ3) is 4.47. The Bertz CT molecular complexity index is 365. The lowest BCUT2D eigenvalue weighted by atomic mass is 10.0. The van der Waals surface area contributed by atoms with E-state index in [9.17, 15) is 9.90 Å². The number of nitrogens with two attached hydrogens (primary N) is 1. The zero-order chi connectivity index (χ0) is 13.5. The lowest BCUT2D eigenvalue weighted by Crippen LogP contribution is -2.43. The van der Waals surface area contributed by atoms with Gasteiger partial charge in [-0.05, 0) is 17.9 Å². The number of carbonyl (C=O) groups is 1. The van der Waals surface area contributed by atoms with Crippen molar-refractivity contribution in [2.45, 2.75) is 32.4 Å². The number of aliphatic hydroxyl groups excluding tert-OH is 1. The number of hydrogen-bond acceptors (Lipinski definition) is 3. The Kier molecular flexibility index (Phi) is 5.82. The number of rotatable bonds is 6. The fraction of sp³-hybridized carbons (Fsp3) is 0.500. The largest absolute Gasteiger partial charge is 0.394 e. The van der Waals surface area contributed by atoms with Crippen LogP contribution >= 0.6 is 0 Å². The first kappa shape index (κ1) is 14.7. The van der Waals surface area contributed by atoms with E-state index in [2.05, 4.69) is 5.32 Å². The molecule has 4 heteroatoms. The predicted octanol–water partition coefficient (Wildman–Crippen LogP) is 1.21. The Labute approximate surface area is 108 Å². The monoisotopic (exact) mass is 250 g/mol. The van der Waals surface area contributed by atoms with Gasteiger partial charge in [0.05, 0.1) is 12.6 Å². The van der Waals surface area contributed by atoms with Gasteiger partial charge in [-0.25, -0.2) is 0 Å². The van der Waals surface area contributed by atoms with E-state index in [-0.39, 0.29) is 18.6 Å². The van der Waals surface area contributed by atoms with E-state index in [4.69, 9.17) is 5.73 Å². The summed E-state index contributed by atoms with van der Waals surface area (Å²) < 4.78 is 0. The topological polar surface area (TPSA) is 75.3 Å². The highest BCUT2D eigenvalue weighted by molar-refractivity contribution is 5.83. The molecule has 0 aliphatic carbocycles. The number of carbonyl (C=O) groups excluding carboxylic acids is 1. The van der Waals surface area contributed by atoms with Crippen LogP contribution in [0, 0.1) is 5.92 Å². The maximum Gasteiger partial charge on any atom is 0.241 e. The van der Waals surface area contributed by atoms with Gasteiger partial charge in [0, 0.05) is 0 Å². The van der Waals surface area contributed by atoms with E-state index in [1.54, 1.807) is 0 Å². The molecule has 1 amide bonds. The van der Waals surface area contributed by atoms with E-state index in [1.807, 2.05) is 44.2 Å². The molecule has 1 unspecified atom stereocenters. The highest BCUT2D eigenvalue weighted by Crippen LogP contribution is 2.11. The molecule has 0 saturated heterocycles. The minimum atomic E-state index is -0.688. The quantitative estimate of drug-likeness (QED) is 0.710. The molecule has 1 rings (SSSR count). The van der Waals surface area contributed by atoms with Crippen molar-refractivity contribution in [2.75, 3.05) is 6.61 Å². The van der Waals surface area contributed by atoms with Crippen LogP contribution in [0.1, 0.15) is 31.9 Å². The summed E-state index contributed by atoms with van der Waals surface area (Å²) in [6.45, 7) is 4.03. The molecule has 0 aliphatic heterocycles. The van der Waals surface area contributed by atoms with Gasteiger partial charge in [-0.15, -0.1) is 0 Å². The normalized spacial score (nSPS) is 14.3. The van der Waals surface area contributed by atoms with Crippen LogP contribution in [-0.2, 0) is 4.79 Å². The van der Waals surface area contributed by atoms with Crippen molar-refractivity contribution in [3.8, 4) is 0 Å². The van der Waals surface area contributed by atoms with E-state index < -0.39 is 6.04 Å². The van der Waals surface area contributed by atoms with Gasteiger partial charge in [0.2, 0.25) is 5.91 Å². The van der Waals surface area contributed by atoms with Gasteiger partial charge in [0.25, 0.3) is 0 Å². The second-order valence-electron chi connectivity index (χ2n) is 4.91. The van der Waals surface area contributed by atoms with Crippen molar-refractivity contribution in [1.29, 1.82) is 0 Å². The Balaban J connectivity index is 2.59. The minimum absolute atomic E-state index is 0.0641. The molecule has 0 bridgehead atoms. The molecule has 0 fully saturated rings. The first-order valence-electron chi connectivity index (χ1n) is 6.26. The summed E-state index contributed by atoms with van der Waals surface area (Å²) in [6.07, 6.45) is 0.740. The number of benzene rings is 1. The Morgan fingerprint density at radius 1 is 1.33 bits per heavy atom. The molecule has 1 aromatic carbocycles. The number of aliphatic hydroxyl groups is 1. The molecule has 18 heavy (non-hydrogen) atoms. The van der Waals surface area contributed by atoms with Gasteiger partial charge < -0.3 is 16.2 Å². The molecule has 0 heterocycles. The Hall–Kier alpha value is -1.39. The van der Waals surface area contributed by atoms with Crippen LogP contribution in [0.25, 0.3) is 0 Å². The van der Waals surface area contributed by atoms with Crippen LogP contribution < -0.4 is 11.1 Å². The van der Waals surface area contributed by atoms with Gasteiger partial charge in [-0.3, -0.25) is 4.79 Å². The van der Waals surface area contributed by atoms with Crippen LogP contribution in [0.3, 0.4) is 0 Å². The second kappa shape index (κ2) is 7.13. The standard InChI is InChI=1S/C14H22N2O2/c1-10(2)8-12(9-17)16-14(18)13(15)11-6-4-3-5-7-11/h3-7,10,12-13,17H,8-9,15H2,1-2H3,(H,16,18)/t12?,13-/m1/s1. The smallest absolute Gasteiger partial charge is 0.241 e. The predicted molar refractivity (Wildman–Crippen MR) is 71.8 cm³/mol. The van der Waals surface area contributed by atoms with Crippen molar-refractivity contribution in [3.05, 3.63) is 35.9 Å². The van der Waals surface area contributed by atoms with Crippen LogP contribution in [0.2, 0.25) is 0 Å². The first-order chi connectivity index (χ1) is 8.54. The van der Waals surface area contributed by atoms with Crippen LogP contribution in [0.15, 0.2) is 30.3 Å². The van der Waals surface area contributed by atoms with Crippen molar-refractivity contribution in [1.82, 2.24) is 5.32 Å². The molecular weight excluding hydrogens is 228 g/mol. The third-order valence-corrected chi connectivity index (χ3v) is 2.76. The van der Waals surface area contributed by atoms with E-state index in [0.29, 0.717) is 5.92 Å². The summed E-state index contributed by atoms with van der Waals surface area (Å²) in [7, 11) is 0. The summed E-state index contributed by atoms with van der Waals surface area (Å²) in [5, 5.41) is 12.0. The molecule has 4 nitrogen and oxygen atoms in total. The SMILES string of the molecule is CC(C)CC(CO)NC(=O)[C@H](N)c1ccccc1. The van der Waals surface area contributed by atoms with E-state index >= 15 is 0 Å². The molecule has 0 spiro atoms. The first-order valence-corrected chi connectivity index (χ1v) is 6.26. The number of amides is 1. The summed E-state index contributed by atoms with van der Waals surface area (Å²) in [5.74, 6) is 0.163. The van der Waals surface area contributed by atoms with Gasteiger partial charge in [-0.2, -0.15) is 0 Å². The maximum atomic E-state index is 11.9. The van der Waals surface area contributed by atoms with Gasteiger partial charge in [-0.1, -0.05) is 44.2 Å². The summed E-state index contributed by atoms with van der Waals surface area (Å²) in [6, 6.07) is 8.30. The van der Waals surface area contributed by atoms with Gasteiger partial charge >= 0.3 is 0 Å². The fourth-order valence-electron chi connectivity index (χ4n) is 1.85. The summed E-state index contributed by atoms with van der Waals surface area (Å²) in [4.78, 5) is 11.9. The highest BCUT2D eigenvalue weighted by Gasteiger charge is 2.19. The molecule has 4 N–H and O–H groups in total. The summed E-state index contributed by atoms with van der Waals surface area (Å²) >= 11 is 0. The number of hydrogen-bond donors (Lipinski definition) is 3. The number of nitrogens with one attached hydrogen (secondary N) is 1.